The van der Waals surface area contributed by atoms with Crippen LogP contribution in [0.3, 0.4) is 0 Å². The third kappa shape index (κ3) is 2.58. The average molecular weight is 275 g/mol. The Morgan fingerprint density at radius 1 is 1.32 bits per heavy atom. The first-order valence-electron chi connectivity index (χ1n) is 6.81. The average Bonchev–Trinajstić information content (AvgIpc) is 2.89. The first-order valence-corrected chi connectivity index (χ1v) is 7.69. The molecule has 1 aliphatic rings. The van der Waals surface area contributed by atoms with Gasteiger partial charge in [0.25, 0.3) is 0 Å². The first-order chi connectivity index (χ1) is 9.25. The van der Waals surface area contributed by atoms with Gasteiger partial charge in [0.15, 0.2) is 0 Å². The van der Waals surface area contributed by atoms with E-state index in [4.69, 9.17) is 5.73 Å². The minimum atomic E-state index is -0.140. The maximum absolute atomic E-state index is 13.7. The van der Waals surface area contributed by atoms with Crippen LogP contribution >= 0.6 is 11.3 Å². The summed E-state index contributed by atoms with van der Waals surface area (Å²) in [6.45, 7) is 0. The van der Waals surface area contributed by atoms with E-state index in [0.29, 0.717) is 12.3 Å². The molecule has 0 aliphatic heterocycles. The molecule has 100 valence electrons. The molecular weight excluding hydrogens is 257 g/mol. The number of hydrogen-bond donors (Lipinski definition) is 1. The molecule has 1 heterocycles. The van der Waals surface area contributed by atoms with Crippen LogP contribution < -0.4 is 5.73 Å². The van der Waals surface area contributed by atoms with Gasteiger partial charge < -0.3 is 5.73 Å². The van der Waals surface area contributed by atoms with Gasteiger partial charge in [0.2, 0.25) is 0 Å². The summed E-state index contributed by atoms with van der Waals surface area (Å²) in [5.74, 6) is 0.244. The quantitative estimate of drug-likeness (QED) is 0.904. The molecule has 1 nitrogen and oxygen atoms in total. The number of hydrogen-bond acceptors (Lipinski definition) is 2. The smallest absolute Gasteiger partial charge is 0.126 e. The van der Waals surface area contributed by atoms with Crippen LogP contribution in [-0.2, 0) is 12.8 Å². The van der Waals surface area contributed by atoms with Crippen LogP contribution in [0.25, 0.3) is 0 Å². The van der Waals surface area contributed by atoms with E-state index in [-0.39, 0.29) is 11.9 Å². The Kier molecular flexibility index (Phi) is 3.67. The predicted molar refractivity (Wildman–Crippen MR) is 78.1 cm³/mol. The molecule has 0 amide bonds. The molecular formula is C16H18FNS. The van der Waals surface area contributed by atoms with Gasteiger partial charge in [-0.2, -0.15) is 0 Å². The molecule has 0 fully saturated rings. The number of thiophene rings is 1. The largest absolute Gasteiger partial charge is 0.327 e. The van der Waals surface area contributed by atoms with Gasteiger partial charge in [-0.15, -0.1) is 11.3 Å². The fourth-order valence-electron chi connectivity index (χ4n) is 3.03. The Morgan fingerprint density at radius 3 is 3.00 bits per heavy atom. The second-order valence-electron chi connectivity index (χ2n) is 5.26. The maximum atomic E-state index is 13.7. The van der Waals surface area contributed by atoms with Crippen molar-refractivity contribution in [3.05, 3.63) is 57.5 Å². The summed E-state index contributed by atoms with van der Waals surface area (Å²) >= 11 is 1.83. The molecule has 19 heavy (non-hydrogen) atoms. The predicted octanol–water partition coefficient (Wildman–Crippen LogP) is 3.88. The molecule has 0 saturated carbocycles. The van der Waals surface area contributed by atoms with Crippen molar-refractivity contribution in [2.45, 2.75) is 37.6 Å². The molecule has 0 radical (unpaired) electrons. The molecule has 0 spiro atoms. The molecule has 1 aliphatic carbocycles. The fraction of sp³-hybridized carbons (Fsp3) is 0.375. The van der Waals surface area contributed by atoms with Gasteiger partial charge in [0, 0.05) is 16.8 Å². The number of fused-ring (bicyclic) bond motifs is 1. The lowest BCUT2D eigenvalue weighted by Crippen LogP contribution is -2.32. The molecule has 3 heteroatoms. The van der Waals surface area contributed by atoms with Gasteiger partial charge >= 0.3 is 0 Å². The van der Waals surface area contributed by atoms with Gasteiger partial charge in [-0.1, -0.05) is 18.2 Å². The molecule has 0 saturated heterocycles. The second-order valence-corrected chi connectivity index (χ2v) is 6.26. The molecule has 0 bridgehead atoms. The van der Waals surface area contributed by atoms with Gasteiger partial charge in [-0.25, -0.2) is 4.39 Å². The van der Waals surface area contributed by atoms with Crippen molar-refractivity contribution in [1.82, 2.24) is 0 Å². The van der Waals surface area contributed by atoms with Crippen molar-refractivity contribution in [3.63, 3.8) is 0 Å². The highest BCUT2D eigenvalue weighted by atomic mass is 32.1. The van der Waals surface area contributed by atoms with E-state index in [0.717, 1.165) is 12.0 Å². The topological polar surface area (TPSA) is 26.0 Å². The zero-order valence-electron chi connectivity index (χ0n) is 10.8. The minimum absolute atomic E-state index is 0.00514. The molecule has 2 N–H and O–H groups in total. The number of nitrogens with two attached hydrogens (primary N) is 1. The van der Waals surface area contributed by atoms with Gasteiger partial charge in [-0.3, -0.25) is 0 Å². The van der Waals surface area contributed by atoms with Crippen molar-refractivity contribution in [2.75, 3.05) is 0 Å². The summed E-state index contributed by atoms with van der Waals surface area (Å²) in [4.78, 5) is 1.47. The molecule has 1 aromatic heterocycles. The number of halogens is 1. The molecule has 2 aromatic rings. The Labute approximate surface area is 117 Å². The summed E-state index contributed by atoms with van der Waals surface area (Å²) in [6, 6.07) is 9.16. The summed E-state index contributed by atoms with van der Waals surface area (Å²) in [5, 5.41) is 2.15. The summed E-state index contributed by atoms with van der Waals surface area (Å²) < 4.78 is 13.7. The third-order valence-electron chi connectivity index (χ3n) is 4.03. The van der Waals surface area contributed by atoms with Crippen molar-refractivity contribution in [3.8, 4) is 0 Å². The molecule has 3 rings (SSSR count). The standard InChI is InChI=1S/C16H18FNS/c17-14-6-2-1-4-11(14)10-15(18)12-5-3-7-16-13(12)8-9-19-16/h1-2,4,6,8-9,12,15H,3,5,7,10,18H2. The molecule has 1 aromatic carbocycles. The zero-order chi connectivity index (χ0) is 13.2. The maximum Gasteiger partial charge on any atom is 0.126 e. The highest BCUT2D eigenvalue weighted by molar-refractivity contribution is 7.10. The van der Waals surface area contributed by atoms with Crippen LogP contribution in [-0.4, -0.2) is 6.04 Å². The summed E-state index contributed by atoms with van der Waals surface area (Å²) in [5.41, 5.74) is 8.50. The monoisotopic (exact) mass is 275 g/mol. The van der Waals surface area contributed by atoms with Crippen molar-refractivity contribution < 1.29 is 4.39 Å². The van der Waals surface area contributed by atoms with Crippen molar-refractivity contribution in [1.29, 1.82) is 0 Å². The van der Waals surface area contributed by atoms with Crippen LogP contribution in [0.1, 0.15) is 34.8 Å². The lowest BCUT2D eigenvalue weighted by atomic mass is 9.81. The summed E-state index contributed by atoms with van der Waals surface area (Å²) in [6.07, 6.45) is 4.12. The van der Waals surface area contributed by atoms with Gasteiger partial charge in [0.05, 0.1) is 0 Å². The van der Waals surface area contributed by atoms with Crippen molar-refractivity contribution in [2.24, 2.45) is 5.73 Å². The Morgan fingerprint density at radius 2 is 2.16 bits per heavy atom. The zero-order valence-corrected chi connectivity index (χ0v) is 11.6. The highest BCUT2D eigenvalue weighted by Crippen LogP contribution is 2.37. The lowest BCUT2D eigenvalue weighted by molar-refractivity contribution is 0.457. The van der Waals surface area contributed by atoms with Crippen LogP contribution in [0.4, 0.5) is 4.39 Å². The van der Waals surface area contributed by atoms with Gasteiger partial charge in [0.1, 0.15) is 5.82 Å². The van der Waals surface area contributed by atoms with Crippen LogP contribution in [0.5, 0.6) is 0 Å². The van der Waals surface area contributed by atoms with E-state index in [1.54, 1.807) is 6.07 Å². The van der Waals surface area contributed by atoms with Crippen molar-refractivity contribution >= 4 is 11.3 Å². The summed E-state index contributed by atoms with van der Waals surface area (Å²) in [7, 11) is 0. The number of rotatable bonds is 3. The Hall–Kier alpha value is -1.19. The normalized spacial score (nSPS) is 20.0. The molecule has 2 unspecified atom stereocenters. The third-order valence-corrected chi connectivity index (χ3v) is 5.03. The minimum Gasteiger partial charge on any atom is -0.327 e. The molecule has 2 atom stereocenters. The number of benzene rings is 1. The van der Waals surface area contributed by atoms with Crippen LogP contribution in [0, 0.1) is 5.82 Å². The Bertz CT molecular complexity index is 563. The van der Waals surface area contributed by atoms with Crippen LogP contribution in [0.15, 0.2) is 35.7 Å². The second kappa shape index (κ2) is 5.43. The number of aryl methyl sites for hydroxylation is 1. The van der Waals surface area contributed by atoms with E-state index in [9.17, 15) is 4.39 Å². The SMILES string of the molecule is NC(Cc1ccccc1F)C1CCCc2sccc21. The van der Waals surface area contributed by atoms with Crippen LogP contribution in [0.2, 0.25) is 0 Å². The first kappa shape index (κ1) is 12.8. The Balaban J connectivity index is 1.79. The lowest BCUT2D eigenvalue weighted by Gasteiger charge is -2.28. The van der Waals surface area contributed by atoms with E-state index in [1.165, 1.54) is 29.3 Å². The fourth-order valence-corrected chi connectivity index (χ4v) is 4.02. The van der Waals surface area contributed by atoms with E-state index >= 15 is 0 Å². The van der Waals surface area contributed by atoms with E-state index < -0.39 is 0 Å². The van der Waals surface area contributed by atoms with Gasteiger partial charge in [-0.05, 0) is 54.3 Å². The van der Waals surface area contributed by atoms with E-state index in [1.807, 2.05) is 23.5 Å². The van der Waals surface area contributed by atoms with E-state index in [2.05, 4.69) is 11.4 Å². The highest BCUT2D eigenvalue weighted by Gasteiger charge is 2.26.